The Morgan fingerprint density at radius 2 is 1.82 bits per heavy atom. The van der Waals surface area contributed by atoms with Crippen LogP contribution in [0.5, 0.6) is 5.75 Å². The summed E-state index contributed by atoms with van der Waals surface area (Å²) < 4.78 is 48.7. The highest BCUT2D eigenvalue weighted by Gasteiger charge is 2.20. The first kappa shape index (κ1) is 23.0. The van der Waals surface area contributed by atoms with Crippen LogP contribution in [-0.4, -0.2) is 31.2 Å². The maximum atomic E-state index is 13.5. The second-order valence-corrected chi connectivity index (χ2v) is 9.02. The van der Waals surface area contributed by atoms with E-state index in [2.05, 4.69) is 15.1 Å². The Kier molecular flexibility index (Phi) is 6.33. The number of para-hydroxylation sites is 2. The molecule has 0 atom stereocenters. The van der Waals surface area contributed by atoms with Crippen molar-refractivity contribution in [1.82, 2.24) is 9.78 Å². The summed E-state index contributed by atoms with van der Waals surface area (Å²) in [6.07, 6.45) is 1.53. The van der Waals surface area contributed by atoms with Crippen molar-refractivity contribution in [1.29, 1.82) is 0 Å². The van der Waals surface area contributed by atoms with Crippen molar-refractivity contribution in [3.8, 4) is 11.4 Å². The molecule has 0 aliphatic heterocycles. The first-order chi connectivity index (χ1) is 16.3. The smallest absolute Gasteiger partial charge is 0.276 e. The van der Waals surface area contributed by atoms with Crippen molar-refractivity contribution in [2.24, 2.45) is 0 Å². The van der Waals surface area contributed by atoms with Gasteiger partial charge in [0.25, 0.3) is 15.9 Å². The number of anilines is 2. The minimum absolute atomic E-state index is 0.00139. The van der Waals surface area contributed by atoms with Gasteiger partial charge in [-0.2, -0.15) is 5.10 Å². The molecule has 2 N–H and O–H groups in total. The maximum Gasteiger partial charge on any atom is 0.276 e. The zero-order valence-corrected chi connectivity index (χ0v) is 19.1. The Hall–Kier alpha value is -4.18. The van der Waals surface area contributed by atoms with Crippen LogP contribution in [0.1, 0.15) is 16.1 Å². The standard InChI is InChI=1S/C24H21FN4O4S/c1-16-10-11-18(15-23(16)34(31,32)28-20-8-3-4-9-22(20)33-2)26-24(30)21-12-13-29(27-21)19-7-5-6-17(25)14-19/h3-15,28H,1-2H3,(H,26,30). The number of carbonyl (C=O) groups is 1. The molecule has 1 aromatic heterocycles. The Balaban J connectivity index is 1.56. The van der Waals surface area contributed by atoms with Crippen LogP contribution < -0.4 is 14.8 Å². The summed E-state index contributed by atoms with van der Waals surface area (Å²) in [5, 5.41) is 6.83. The van der Waals surface area contributed by atoms with Gasteiger partial charge in [0.2, 0.25) is 0 Å². The topological polar surface area (TPSA) is 102 Å². The van der Waals surface area contributed by atoms with Gasteiger partial charge in [-0.05, 0) is 61.0 Å². The number of nitrogens with zero attached hydrogens (tertiary/aromatic N) is 2. The van der Waals surface area contributed by atoms with E-state index in [9.17, 15) is 17.6 Å². The highest BCUT2D eigenvalue weighted by molar-refractivity contribution is 7.92. The van der Waals surface area contributed by atoms with Gasteiger partial charge in [-0.3, -0.25) is 9.52 Å². The minimum Gasteiger partial charge on any atom is -0.495 e. The lowest BCUT2D eigenvalue weighted by Gasteiger charge is -2.14. The van der Waals surface area contributed by atoms with Crippen molar-refractivity contribution in [3.63, 3.8) is 0 Å². The predicted molar refractivity (Wildman–Crippen MR) is 126 cm³/mol. The van der Waals surface area contributed by atoms with E-state index in [1.807, 2.05) is 0 Å². The van der Waals surface area contributed by atoms with E-state index in [0.29, 0.717) is 22.7 Å². The molecule has 0 saturated heterocycles. The number of amides is 1. The third-order valence-corrected chi connectivity index (χ3v) is 6.49. The van der Waals surface area contributed by atoms with Crippen LogP contribution in [0.25, 0.3) is 5.69 Å². The van der Waals surface area contributed by atoms with Crippen LogP contribution in [0.4, 0.5) is 15.8 Å². The maximum absolute atomic E-state index is 13.5. The molecular formula is C24H21FN4O4S. The fourth-order valence-electron chi connectivity index (χ4n) is 3.30. The molecule has 0 aliphatic rings. The monoisotopic (exact) mass is 480 g/mol. The van der Waals surface area contributed by atoms with E-state index < -0.39 is 21.7 Å². The van der Waals surface area contributed by atoms with Gasteiger partial charge in [0.15, 0.2) is 5.69 Å². The SMILES string of the molecule is COc1ccccc1NS(=O)(=O)c1cc(NC(=O)c2ccn(-c3cccc(F)c3)n2)ccc1C. The molecule has 4 rings (SSSR count). The Morgan fingerprint density at radius 3 is 2.59 bits per heavy atom. The molecule has 1 heterocycles. The summed E-state index contributed by atoms with van der Waals surface area (Å²) in [6, 6.07) is 18.5. The molecule has 0 bridgehead atoms. The van der Waals surface area contributed by atoms with Crippen molar-refractivity contribution in [3.05, 3.63) is 96.1 Å². The number of ether oxygens (including phenoxy) is 1. The number of sulfonamides is 1. The second kappa shape index (κ2) is 9.36. The molecule has 1 amide bonds. The van der Waals surface area contributed by atoms with Crippen LogP contribution in [0.2, 0.25) is 0 Å². The molecule has 8 nitrogen and oxygen atoms in total. The van der Waals surface area contributed by atoms with Gasteiger partial charge in [0.05, 0.1) is 23.4 Å². The fourth-order valence-corrected chi connectivity index (χ4v) is 4.64. The normalized spacial score (nSPS) is 11.1. The predicted octanol–water partition coefficient (Wildman–Crippen LogP) is 4.38. The average Bonchev–Trinajstić information content (AvgIpc) is 3.31. The second-order valence-electron chi connectivity index (χ2n) is 7.37. The number of carbonyl (C=O) groups excluding carboxylic acids is 1. The third kappa shape index (κ3) is 4.91. The molecule has 0 aliphatic carbocycles. The van der Waals surface area contributed by atoms with E-state index in [-0.39, 0.29) is 16.3 Å². The molecule has 0 saturated carbocycles. The number of methoxy groups -OCH3 is 1. The van der Waals surface area contributed by atoms with Crippen LogP contribution in [-0.2, 0) is 10.0 Å². The van der Waals surface area contributed by atoms with E-state index >= 15 is 0 Å². The van der Waals surface area contributed by atoms with Gasteiger partial charge in [-0.15, -0.1) is 0 Å². The number of aryl methyl sites for hydroxylation is 1. The lowest BCUT2D eigenvalue weighted by atomic mass is 10.2. The fraction of sp³-hybridized carbons (Fsp3) is 0.0833. The number of hydrogen-bond donors (Lipinski definition) is 2. The number of halogens is 1. The highest BCUT2D eigenvalue weighted by Crippen LogP contribution is 2.28. The first-order valence-corrected chi connectivity index (χ1v) is 11.6. The minimum atomic E-state index is -3.97. The number of nitrogens with one attached hydrogen (secondary N) is 2. The summed E-state index contributed by atoms with van der Waals surface area (Å²) in [7, 11) is -2.52. The third-order valence-electron chi connectivity index (χ3n) is 4.98. The zero-order chi connectivity index (χ0) is 24.3. The molecular weight excluding hydrogens is 459 g/mol. The van der Waals surface area contributed by atoms with Crippen LogP contribution >= 0.6 is 0 Å². The summed E-state index contributed by atoms with van der Waals surface area (Å²) in [6.45, 7) is 1.66. The molecule has 174 valence electrons. The van der Waals surface area contributed by atoms with E-state index in [4.69, 9.17) is 4.74 Å². The molecule has 0 unspecified atom stereocenters. The van der Waals surface area contributed by atoms with Crippen molar-refractivity contribution >= 4 is 27.3 Å². The molecule has 34 heavy (non-hydrogen) atoms. The van der Waals surface area contributed by atoms with Gasteiger partial charge in [-0.1, -0.05) is 24.3 Å². The van der Waals surface area contributed by atoms with Gasteiger partial charge in [0.1, 0.15) is 11.6 Å². The van der Waals surface area contributed by atoms with E-state index in [0.717, 1.165) is 0 Å². The van der Waals surface area contributed by atoms with Crippen LogP contribution in [0.3, 0.4) is 0 Å². The summed E-state index contributed by atoms with van der Waals surface area (Å²) >= 11 is 0. The van der Waals surface area contributed by atoms with Crippen molar-refractivity contribution in [2.45, 2.75) is 11.8 Å². The number of hydrogen-bond acceptors (Lipinski definition) is 5. The van der Waals surface area contributed by atoms with Gasteiger partial charge < -0.3 is 10.1 Å². The summed E-state index contributed by atoms with van der Waals surface area (Å²) in [4.78, 5) is 12.7. The molecule has 10 heteroatoms. The number of benzene rings is 3. The van der Waals surface area contributed by atoms with E-state index in [1.165, 1.54) is 42.3 Å². The van der Waals surface area contributed by atoms with Gasteiger partial charge in [0, 0.05) is 11.9 Å². The Morgan fingerprint density at radius 1 is 1.03 bits per heavy atom. The first-order valence-electron chi connectivity index (χ1n) is 10.2. The number of aromatic nitrogens is 2. The van der Waals surface area contributed by atoms with Crippen LogP contribution in [0, 0.1) is 12.7 Å². The largest absolute Gasteiger partial charge is 0.495 e. The average molecular weight is 481 g/mol. The quantitative estimate of drug-likeness (QED) is 0.409. The summed E-state index contributed by atoms with van der Waals surface area (Å²) in [5.74, 6) is -0.587. The summed E-state index contributed by atoms with van der Waals surface area (Å²) in [5.41, 5.74) is 1.61. The molecule has 4 aromatic rings. The van der Waals surface area contributed by atoms with Crippen molar-refractivity contribution in [2.75, 3.05) is 17.1 Å². The Labute approximate surface area is 196 Å². The highest BCUT2D eigenvalue weighted by atomic mass is 32.2. The van der Waals surface area contributed by atoms with Crippen molar-refractivity contribution < 1.29 is 22.3 Å². The molecule has 3 aromatic carbocycles. The molecule has 0 radical (unpaired) electrons. The van der Waals surface area contributed by atoms with Gasteiger partial charge in [-0.25, -0.2) is 17.5 Å². The number of rotatable bonds is 7. The molecule has 0 fully saturated rings. The van der Waals surface area contributed by atoms with E-state index in [1.54, 1.807) is 55.5 Å². The zero-order valence-electron chi connectivity index (χ0n) is 18.3. The van der Waals surface area contributed by atoms with Crippen LogP contribution in [0.15, 0.2) is 83.9 Å². The lowest BCUT2D eigenvalue weighted by Crippen LogP contribution is -2.17. The lowest BCUT2D eigenvalue weighted by molar-refractivity contribution is 0.102. The van der Waals surface area contributed by atoms with Gasteiger partial charge >= 0.3 is 0 Å². The molecule has 0 spiro atoms. The Bertz CT molecular complexity index is 1470.